The van der Waals surface area contributed by atoms with E-state index in [9.17, 15) is 4.79 Å². The fourth-order valence-corrected chi connectivity index (χ4v) is 1.25. The van der Waals surface area contributed by atoms with Crippen LogP contribution in [0.4, 0.5) is 11.4 Å². The van der Waals surface area contributed by atoms with E-state index in [0.717, 1.165) is 16.9 Å². The fourth-order valence-electron chi connectivity index (χ4n) is 1.25. The zero-order valence-corrected chi connectivity index (χ0v) is 10.3. The van der Waals surface area contributed by atoms with Crippen molar-refractivity contribution in [2.75, 3.05) is 24.3 Å². The number of nitrogens with zero attached hydrogens (tertiary/aromatic N) is 1. The topological polar surface area (TPSA) is 32.3 Å². The predicted octanol–water partition coefficient (Wildman–Crippen LogP) is 2.58. The van der Waals surface area contributed by atoms with Crippen LogP contribution in [0.3, 0.4) is 0 Å². The minimum Gasteiger partial charge on any atom is -0.378 e. The molecule has 0 aromatic heterocycles. The fraction of sp³-hybridized carbons (Fsp3) is 0.308. The maximum Gasteiger partial charge on any atom is 0.250 e. The lowest BCUT2D eigenvalue weighted by molar-refractivity contribution is -0.112. The Morgan fingerprint density at radius 3 is 2.50 bits per heavy atom. The molecule has 0 aliphatic heterocycles. The Morgan fingerprint density at radius 2 is 2.00 bits per heavy atom. The maximum absolute atomic E-state index is 11.5. The highest BCUT2D eigenvalue weighted by atomic mass is 16.1. The zero-order valence-electron chi connectivity index (χ0n) is 10.3. The van der Waals surface area contributed by atoms with Gasteiger partial charge in [0.25, 0.3) is 5.91 Å². The van der Waals surface area contributed by atoms with Crippen molar-refractivity contribution in [3.05, 3.63) is 35.9 Å². The first-order valence-electron chi connectivity index (χ1n) is 5.16. The number of nitrogens with one attached hydrogen (secondary N) is 1. The molecule has 16 heavy (non-hydrogen) atoms. The molecule has 3 heteroatoms. The summed E-state index contributed by atoms with van der Waals surface area (Å²) in [6.45, 7) is 7.28. The first kappa shape index (κ1) is 12.3. The summed E-state index contributed by atoms with van der Waals surface area (Å²) in [5.74, 6) is -0.140. The molecule has 0 unspecified atom stereocenters. The van der Waals surface area contributed by atoms with Crippen molar-refractivity contribution in [1.82, 2.24) is 0 Å². The molecule has 0 atom stereocenters. The zero-order chi connectivity index (χ0) is 12.3. The van der Waals surface area contributed by atoms with Crippen LogP contribution in [0.5, 0.6) is 0 Å². The molecule has 3 nitrogen and oxygen atoms in total. The molecule has 0 aliphatic carbocycles. The van der Waals surface area contributed by atoms with E-state index in [-0.39, 0.29) is 5.91 Å². The Kier molecular flexibility index (Phi) is 3.72. The average molecular weight is 218 g/mol. The highest BCUT2D eigenvalue weighted by Gasteiger charge is 2.06. The van der Waals surface area contributed by atoms with Crippen LogP contribution in [0.15, 0.2) is 30.4 Å². The number of benzene rings is 1. The van der Waals surface area contributed by atoms with Crippen molar-refractivity contribution in [3.63, 3.8) is 0 Å². The minimum atomic E-state index is -0.140. The molecule has 0 saturated carbocycles. The first-order valence-corrected chi connectivity index (χ1v) is 5.16. The second kappa shape index (κ2) is 4.84. The summed E-state index contributed by atoms with van der Waals surface area (Å²) in [5.41, 5.74) is 3.44. The van der Waals surface area contributed by atoms with Gasteiger partial charge >= 0.3 is 0 Å². The highest BCUT2D eigenvalue weighted by molar-refractivity contribution is 6.03. The molecule has 0 heterocycles. The Morgan fingerprint density at radius 1 is 1.38 bits per heavy atom. The largest absolute Gasteiger partial charge is 0.378 e. The summed E-state index contributed by atoms with van der Waals surface area (Å²) in [7, 11) is 3.93. The molecule has 0 radical (unpaired) electrons. The van der Waals surface area contributed by atoms with Crippen LogP contribution in [0, 0.1) is 6.92 Å². The molecule has 0 spiro atoms. The van der Waals surface area contributed by atoms with Gasteiger partial charge < -0.3 is 10.2 Å². The van der Waals surface area contributed by atoms with Gasteiger partial charge in [-0.2, -0.15) is 0 Å². The van der Waals surface area contributed by atoms with Crippen LogP contribution < -0.4 is 10.2 Å². The van der Waals surface area contributed by atoms with Gasteiger partial charge in [0, 0.05) is 31.0 Å². The lowest BCUT2D eigenvalue weighted by Crippen LogP contribution is -2.14. The Bertz CT molecular complexity index is 422. The Balaban J connectivity index is 2.99. The molecule has 1 N–H and O–H groups in total. The Hall–Kier alpha value is -1.77. The van der Waals surface area contributed by atoms with Gasteiger partial charge in [-0.1, -0.05) is 12.6 Å². The van der Waals surface area contributed by atoms with E-state index in [4.69, 9.17) is 0 Å². The maximum atomic E-state index is 11.5. The standard InChI is InChI=1S/C13H18N2O/c1-9(2)13(16)14-12-8-11(15(4)5)7-6-10(12)3/h6-8H,1H2,2-5H3,(H,14,16). The van der Waals surface area contributed by atoms with Crippen molar-refractivity contribution in [2.45, 2.75) is 13.8 Å². The van der Waals surface area contributed by atoms with Crippen LogP contribution in [-0.4, -0.2) is 20.0 Å². The molecule has 86 valence electrons. The molecule has 0 bridgehead atoms. The second-order valence-corrected chi connectivity index (χ2v) is 4.13. The van der Waals surface area contributed by atoms with E-state index in [1.54, 1.807) is 6.92 Å². The molecule has 1 aromatic rings. The molecule has 1 amide bonds. The number of carbonyl (C=O) groups is 1. The first-order chi connectivity index (χ1) is 7.41. The molecule has 1 rings (SSSR count). The van der Waals surface area contributed by atoms with Crippen molar-refractivity contribution < 1.29 is 4.79 Å². The van der Waals surface area contributed by atoms with Gasteiger partial charge in [-0.05, 0) is 31.5 Å². The van der Waals surface area contributed by atoms with Crippen molar-refractivity contribution >= 4 is 17.3 Å². The average Bonchev–Trinajstić information content (AvgIpc) is 2.20. The van der Waals surface area contributed by atoms with Gasteiger partial charge in [-0.25, -0.2) is 0 Å². The highest BCUT2D eigenvalue weighted by Crippen LogP contribution is 2.22. The van der Waals surface area contributed by atoms with Crippen LogP contribution in [0.25, 0.3) is 0 Å². The summed E-state index contributed by atoms with van der Waals surface area (Å²) in [5, 5.41) is 2.84. The number of rotatable bonds is 3. The summed E-state index contributed by atoms with van der Waals surface area (Å²) in [4.78, 5) is 13.5. The van der Waals surface area contributed by atoms with E-state index in [1.807, 2.05) is 44.1 Å². The van der Waals surface area contributed by atoms with E-state index in [2.05, 4.69) is 11.9 Å². The number of anilines is 2. The van der Waals surface area contributed by atoms with E-state index < -0.39 is 0 Å². The third-order valence-electron chi connectivity index (χ3n) is 2.37. The number of carbonyl (C=O) groups excluding carboxylic acids is 1. The van der Waals surface area contributed by atoms with Crippen LogP contribution in [-0.2, 0) is 4.79 Å². The number of hydrogen-bond acceptors (Lipinski definition) is 2. The molecular weight excluding hydrogens is 200 g/mol. The lowest BCUT2D eigenvalue weighted by Gasteiger charge is -2.16. The minimum absolute atomic E-state index is 0.140. The molecule has 0 aliphatic rings. The van der Waals surface area contributed by atoms with Gasteiger partial charge in [-0.15, -0.1) is 0 Å². The number of aryl methyl sites for hydroxylation is 1. The van der Waals surface area contributed by atoms with Crippen LogP contribution in [0.1, 0.15) is 12.5 Å². The molecule has 0 saturated heterocycles. The smallest absolute Gasteiger partial charge is 0.250 e. The summed E-state index contributed by atoms with van der Waals surface area (Å²) < 4.78 is 0. The van der Waals surface area contributed by atoms with Gasteiger partial charge in [0.2, 0.25) is 0 Å². The van der Waals surface area contributed by atoms with Crippen LogP contribution >= 0.6 is 0 Å². The van der Waals surface area contributed by atoms with Crippen molar-refractivity contribution in [1.29, 1.82) is 0 Å². The third-order valence-corrected chi connectivity index (χ3v) is 2.37. The third kappa shape index (κ3) is 2.86. The molecule has 1 aromatic carbocycles. The molecule has 0 fully saturated rings. The van der Waals surface area contributed by atoms with E-state index in [1.165, 1.54) is 0 Å². The SMILES string of the molecule is C=C(C)C(=O)Nc1cc(N(C)C)ccc1C. The summed E-state index contributed by atoms with van der Waals surface area (Å²) >= 11 is 0. The molecular formula is C13H18N2O. The lowest BCUT2D eigenvalue weighted by atomic mass is 10.1. The van der Waals surface area contributed by atoms with Gasteiger partial charge in [0.1, 0.15) is 0 Å². The van der Waals surface area contributed by atoms with E-state index >= 15 is 0 Å². The number of hydrogen-bond donors (Lipinski definition) is 1. The van der Waals surface area contributed by atoms with Gasteiger partial charge in [0.15, 0.2) is 0 Å². The van der Waals surface area contributed by atoms with Crippen molar-refractivity contribution in [2.24, 2.45) is 0 Å². The van der Waals surface area contributed by atoms with Gasteiger partial charge in [-0.3, -0.25) is 4.79 Å². The predicted molar refractivity (Wildman–Crippen MR) is 68.9 cm³/mol. The summed E-state index contributed by atoms with van der Waals surface area (Å²) in [6, 6.07) is 5.96. The van der Waals surface area contributed by atoms with Gasteiger partial charge in [0.05, 0.1) is 0 Å². The van der Waals surface area contributed by atoms with Crippen molar-refractivity contribution in [3.8, 4) is 0 Å². The monoisotopic (exact) mass is 218 g/mol. The second-order valence-electron chi connectivity index (χ2n) is 4.13. The van der Waals surface area contributed by atoms with E-state index in [0.29, 0.717) is 5.57 Å². The quantitative estimate of drug-likeness (QED) is 0.791. The Labute approximate surface area is 96.8 Å². The normalized spacial score (nSPS) is 9.75. The summed E-state index contributed by atoms with van der Waals surface area (Å²) in [6.07, 6.45) is 0. The number of amides is 1. The van der Waals surface area contributed by atoms with Crippen LogP contribution in [0.2, 0.25) is 0 Å².